The lowest BCUT2D eigenvalue weighted by atomic mass is 10.2. The molecule has 4 nitrogen and oxygen atoms in total. The quantitative estimate of drug-likeness (QED) is 0.830. The van der Waals surface area contributed by atoms with Crippen LogP contribution in [0.4, 0.5) is 15.8 Å². The number of carbonyl (C=O) groups is 2. The number of amides is 2. The Bertz CT molecular complexity index is 782. The third-order valence-corrected chi connectivity index (χ3v) is 4.81. The van der Waals surface area contributed by atoms with Crippen molar-refractivity contribution in [2.45, 2.75) is 4.90 Å². The molecule has 2 aromatic carbocycles. The smallest absolute Gasteiger partial charge is 0.256 e. The molecule has 2 amide bonds. The van der Waals surface area contributed by atoms with Gasteiger partial charge in [0.25, 0.3) is 5.91 Å². The van der Waals surface area contributed by atoms with E-state index in [4.69, 9.17) is 0 Å². The maximum absolute atomic E-state index is 13.3. The van der Waals surface area contributed by atoms with E-state index in [9.17, 15) is 14.0 Å². The number of anilines is 2. The maximum atomic E-state index is 13.3. The molecule has 1 aliphatic rings. The summed E-state index contributed by atoms with van der Waals surface area (Å²) in [7, 11) is 0. The lowest BCUT2D eigenvalue weighted by Crippen LogP contribution is -2.19. The first-order valence-corrected chi connectivity index (χ1v) is 8.14. The summed E-state index contributed by atoms with van der Waals surface area (Å²) in [6, 6.07) is 9.17. The number of fused-ring (bicyclic) bond motifs is 1. The van der Waals surface area contributed by atoms with Gasteiger partial charge in [0, 0.05) is 15.1 Å². The topological polar surface area (TPSA) is 58.2 Å². The van der Waals surface area contributed by atoms with Gasteiger partial charge in [-0.25, -0.2) is 4.39 Å². The van der Waals surface area contributed by atoms with Crippen LogP contribution in [0.5, 0.6) is 0 Å². The molecule has 0 aliphatic carbocycles. The summed E-state index contributed by atoms with van der Waals surface area (Å²) in [6.45, 7) is 0. The normalized spacial score (nSPS) is 13.3. The Labute approximate surface area is 138 Å². The fourth-order valence-corrected chi connectivity index (χ4v) is 3.25. The van der Waals surface area contributed by atoms with Gasteiger partial charge in [0.1, 0.15) is 5.82 Å². The molecule has 22 heavy (non-hydrogen) atoms. The predicted octanol–water partition coefficient (Wildman–Crippen LogP) is 3.88. The summed E-state index contributed by atoms with van der Waals surface area (Å²) in [5.41, 5.74) is 1.40. The lowest BCUT2D eigenvalue weighted by molar-refractivity contribution is -0.113. The van der Waals surface area contributed by atoms with Crippen molar-refractivity contribution in [3.05, 3.63) is 52.3 Å². The highest BCUT2D eigenvalue weighted by atomic mass is 79.9. The summed E-state index contributed by atoms with van der Waals surface area (Å²) in [5.74, 6) is -0.605. The molecule has 0 radical (unpaired) electrons. The summed E-state index contributed by atoms with van der Waals surface area (Å²) in [6.07, 6.45) is 0. The highest BCUT2D eigenvalue weighted by Gasteiger charge is 2.17. The molecule has 0 spiro atoms. The maximum Gasteiger partial charge on any atom is 0.256 e. The van der Waals surface area contributed by atoms with Crippen LogP contribution in [0.3, 0.4) is 0 Å². The zero-order valence-corrected chi connectivity index (χ0v) is 13.6. The Balaban J connectivity index is 1.84. The summed E-state index contributed by atoms with van der Waals surface area (Å²) in [4.78, 5) is 24.6. The first-order valence-electron chi connectivity index (χ1n) is 6.36. The van der Waals surface area contributed by atoms with Crippen LogP contribution in [0.2, 0.25) is 0 Å². The number of halogens is 2. The van der Waals surface area contributed by atoms with Gasteiger partial charge in [0.05, 0.1) is 17.0 Å². The van der Waals surface area contributed by atoms with Crippen molar-refractivity contribution in [3.63, 3.8) is 0 Å². The predicted molar refractivity (Wildman–Crippen MR) is 87.8 cm³/mol. The van der Waals surface area contributed by atoms with E-state index in [1.807, 2.05) is 6.07 Å². The van der Waals surface area contributed by atoms with E-state index < -0.39 is 11.7 Å². The van der Waals surface area contributed by atoms with Gasteiger partial charge in [-0.3, -0.25) is 9.59 Å². The van der Waals surface area contributed by atoms with Gasteiger partial charge in [0.2, 0.25) is 5.91 Å². The monoisotopic (exact) mass is 380 g/mol. The number of benzene rings is 2. The SMILES string of the molecule is O=C1CSc2ccc(NC(=O)c3cc(F)ccc3Br)cc2N1. The first kappa shape index (κ1) is 15.1. The Kier molecular flexibility index (Phi) is 4.17. The molecule has 0 saturated carbocycles. The van der Waals surface area contributed by atoms with Crippen molar-refractivity contribution in [1.29, 1.82) is 0 Å². The molecule has 1 heterocycles. The second-order valence-electron chi connectivity index (χ2n) is 4.63. The van der Waals surface area contributed by atoms with Gasteiger partial charge < -0.3 is 10.6 Å². The Morgan fingerprint density at radius 3 is 2.91 bits per heavy atom. The number of thioether (sulfide) groups is 1. The highest BCUT2D eigenvalue weighted by Crippen LogP contribution is 2.33. The van der Waals surface area contributed by atoms with E-state index in [0.29, 0.717) is 21.6 Å². The van der Waals surface area contributed by atoms with Gasteiger partial charge in [-0.1, -0.05) is 0 Å². The van der Waals surface area contributed by atoms with Gasteiger partial charge in [-0.05, 0) is 52.3 Å². The van der Waals surface area contributed by atoms with Crippen LogP contribution in [-0.2, 0) is 4.79 Å². The number of hydrogen-bond donors (Lipinski definition) is 2. The fraction of sp³-hybridized carbons (Fsp3) is 0.0667. The van der Waals surface area contributed by atoms with Crippen molar-refractivity contribution in [1.82, 2.24) is 0 Å². The summed E-state index contributed by atoms with van der Waals surface area (Å²) in [5, 5.41) is 5.45. The van der Waals surface area contributed by atoms with Crippen molar-refractivity contribution < 1.29 is 14.0 Å². The summed E-state index contributed by atoms with van der Waals surface area (Å²) < 4.78 is 13.8. The zero-order valence-electron chi connectivity index (χ0n) is 11.2. The molecule has 3 rings (SSSR count). The van der Waals surface area contributed by atoms with E-state index in [0.717, 1.165) is 11.0 Å². The molecule has 0 aromatic heterocycles. The average molecular weight is 381 g/mol. The largest absolute Gasteiger partial charge is 0.324 e. The molecule has 2 aromatic rings. The highest BCUT2D eigenvalue weighted by molar-refractivity contribution is 9.10. The second kappa shape index (κ2) is 6.10. The minimum Gasteiger partial charge on any atom is -0.324 e. The van der Waals surface area contributed by atoms with Gasteiger partial charge >= 0.3 is 0 Å². The lowest BCUT2D eigenvalue weighted by Gasteiger charge is -2.17. The third kappa shape index (κ3) is 3.15. The Morgan fingerprint density at radius 1 is 1.27 bits per heavy atom. The van der Waals surface area contributed by atoms with Crippen LogP contribution in [-0.4, -0.2) is 17.6 Å². The molecular weight excluding hydrogens is 371 g/mol. The number of nitrogens with one attached hydrogen (secondary N) is 2. The number of rotatable bonds is 2. The van der Waals surface area contributed by atoms with Crippen LogP contribution < -0.4 is 10.6 Å². The molecule has 0 unspecified atom stereocenters. The molecular formula is C15H10BrFN2O2S. The van der Waals surface area contributed by atoms with Gasteiger partial charge in [-0.2, -0.15) is 0 Å². The minimum absolute atomic E-state index is 0.0751. The molecule has 0 saturated heterocycles. The standard InChI is InChI=1S/C15H10BrFN2O2S/c16-11-3-1-8(17)5-10(11)15(21)18-9-2-4-13-12(6-9)19-14(20)7-22-13/h1-6H,7H2,(H,18,21)(H,19,20). The van der Waals surface area contributed by atoms with E-state index >= 15 is 0 Å². The molecule has 112 valence electrons. The molecule has 2 N–H and O–H groups in total. The van der Waals surface area contributed by atoms with Crippen LogP contribution in [0, 0.1) is 5.82 Å². The number of carbonyl (C=O) groups excluding carboxylic acids is 2. The molecule has 0 bridgehead atoms. The van der Waals surface area contributed by atoms with Crippen molar-refractivity contribution >= 4 is 50.9 Å². The molecule has 7 heteroatoms. The van der Waals surface area contributed by atoms with Crippen LogP contribution in [0.15, 0.2) is 45.8 Å². The van der Waals surface area contributed by atoms with Gasteiger partial charge in [-0.15, -0.1) is 11.8 Å². The fourth-order valence-electron chi connectivity index (χ4n) is 2.03. The average Bonchev–Trinajstić information content (AvgIpc) is 2.49. The zero-order chi connectivity index (χ0) is 15.7. The molecule has 1 aliphatic heterocycles. The van der Waals surface area contributed by atoms with E-state index in [-0.39, 0.29) is 11.5 Å². The molecule has 0 fully saturated rings. The van der Waals surface area contributed by atoms with Crippen molar-refractivity contribution in [3.8, 4) is 0 Å². The van der Waals surface area contributed by atoms with Crippen molar-refractivity contribution in [2.75, 3.05) is 16.4 Å². The van der Waals surface area contributed by atoms with Crippen LogP contribution >= 0.6 is 27.7 Å². The molecule has 0 atom stereocenters. The van der Waals surface area contributed by atoms with E-state index in [1.54, 1.807) is 12.1 Å². The van der Waals surface area contributed by atoms with Crippen molar-refractivity contribution in [2.24, 2.45) is 0 Å². The summed E-state index contributed by atoms with van der Waals surface area (Å²) >= 11 is 4.67. The van der Waals surface area contributed by atoms with Crippen LogP contribution in [0.1, 0.15) is 10.4 Å². The first-order chi connectivity index (χ1) is 10.5. The third-order valence-electron chi connectivity index (χ3n) is 3.04. The Hall–Kier alpha value is -1.86. The van der Waals surface area contributed by atoms with E-state index in [1.165, 1.54) is 23.9 Å². The van der Waals surface area contributed by atoms with Crippen LogP contribution in [0.25, 0.3) is 0 Å². The number of hydrogen-bond acceptors (Lipinski definition) is 3. The second-order valence-corrected chi connectivity index (χ2v) is 6.50. The van der Waals surface area contributed by atoms with E-state index in [2.05, 4.69) is 26.6 Å². The van der Waals surface area contributed by atoms with Gasteiger partial charge in [0.15, 0.2) is 0 Å². The Morgan fingerprint density at radius 2 is 2.09 bits per heavy atom. The minimum atomic E-state index is -0.484.